The van der Waals surface area contributed by atoms with Crippen LogP contribution < -0.4 is 15.0 Å². The van der Waals surface area contributed by atoms with Gasteiger partial charge in [0, 0.05) is 30.9 Å². The Hall–Kier alpha value is -3.06. The molecular formula is C23H28N2O5. The minimum atomic E-state index is -0.417. The SMILES string of the molecule is CCOc1ccccc1CCC(=O)OCC(=O)Nc1ccc(N2CCOCC2)cc1. The van der Waals surface area contributed by atoms with Gasteiger partial charge in [0.2, 0.25) is 0 Å². The van der Waals surface area contributed by atoms with Crippen molar-refractivity contribution in [3.63, 3.8) is 0 Å². The van der Waals surface area contributed by atoms with Crippen LogP contribution in [0.1, 0.15) is 18.9 Å². The van der Waals surface area contributed by atoms with Crippen LogP contribution in [0.4, 0.5) is 11.4 Å². The van der Waals surface area contributed by atoms with Crippen molar-refractivity contribution in [2.45, 2.75) is 19.8 Å². The average molecular weight is 412 g/mol. The van der Waals surface area contributed by atoms with Crippen molar-refractivity contribution in [3.8, 4) is 5.75 Å². The van der Waals surface area contributed by atoms with E-state index in [1.54, 1.807) is 0 Å². The molecule has 1 N–H and O–H groups in total. The maximum Gasteiger partial charge on any atom is 0.306 e. The molecule has 2 aromatic rings. The van der Waals surface area contributed by atoms with Gasteiger partial charge in [0.15, 0.2) is 6.61 Å². The highest BCUT2D eigenvalue weighted by Gasteiger charge is 2.12. The van der Waals surface area contributed by atoms with Crippen LogP contribution in [0.25, 0.3) is 0 Å². The summed E-state index contributed by atoms with van der Waals surface area (Å²) in [7, 11) is 0. The quantitative estimate of drug-likeness (QED) is 0.638. The van der Waals surface area contributed by atoms with Crippen molar-refractivity contribution in [1.29, 1.82) is 0 Å². The molecule has 30 heavy (non-hydrogen) atoms. The second-order valence-electron chi connectivity index (χ2n) is 6.90. The molecule has 1 aliphatic heterocycles. The first-order valence-corrected chi connectivity index (χ1v) is 10.2. The molecule has 3 rings (SSSR count). The number of esters is 1. The fourth-order valence-corrected chi connectivity index (χ4v) is 3.24. The minimum Gasteiger partial charge on any atom is -0.494 e. The Morgan fingerprint density at radius 2 is 1.80 bits per heavy atom. The number of rotatable bonds is 9. The molecule has 0 saturated carbocycles. The lowest BCUT2D eigenvalue weighted by molar-refractivity contribution is -0.147. The van der Waals surface area contributed by atoms with E-state index in [1.807, 2.05) is 55.5 Å². The predicted molar refractivity (Wildman–Crippen MR) is 115 cm³/mol. The third kappa shape index (κ3) is 6.49. The molecule has 0 spiro atoms. The van der Waals surface area contributed by atoms with Gasteiger partial charge in [-0.05, 0) is 49.2 Å². The summed E-state index contributed by atoms with van der Waals surface area (Å²) < 4.78 is 16.0. The zero-order valence-corrected chi connectivity index (χ0v) is 17.3. The Morgan fingerprint density at radius 3 is 2.53 bits per heavy atom. The second kappa shape index (κ2) is 11.2. The number of morpholine rings is 1. The van der Waals surface area contributed by atoms with Gasteiger partial charge in [-0.2, -0.15) is 0 Å². The molecule has 0 aliphatic carbocycles. The highest BCUT2D eigenvalue weighted by Crippen LogP contribution is 2.20. The second-order valence-corrected chi connectivity index (χ2v) is 6.90. The zero-order valence-electron chi connectivity index (χ0n) is 17.3. The molecule has 2 aromatic carbocycles. The molecule has 0 radical (unpaired) electrons. The fourth-order valence-electron chi connectivity index (χ4n) is 3.24. The molecule has 7 heteroatoms. The van der Waals surface area contributed by atoms with E-state index >= 15 is 0 Å². The molecule has 160 valence electrons. The molecule has 1 fully saturated rings. The monoisotopic (exact) mass is 412 g/mol. The van der Waals surface area contributed by atoms with E-state index in [2.05, 4.69) is 10.2 Å². The van der Waals surface area contributed by atoms with Gasteiger partial charge in [-0.25, -0.2) is 0 Å². The molecular weight excluding hydrogens is 384 g/mol. The lowest BCUT2D eigenvalue weighted by Gasteiger charge is -2.28. The number of amides is 1. The van der Waals surface area contributed by atoms with Gasteiger partial charge in [0.05, 0.1) is 19.8 Å². The number of carbonyl (C=O) groups excluding carboxylic acids is 2. The molecule has 0 aromatic heterocycles. The van der Waals surface area contributed by atoms with Gasteiger partial charge in [0.25, 0.3) is 5.91 Å². The van der Waals surface area contributed by atoms with E-state index < -0.39 is 5.97 Å². The number of ether oxygens (including phenoxy) is 3. The van der Waals surface area contributed by atoms with Crippen molar-refractivity contribution in [2.75, 3.05) is 49.7 Å². The molecule has 1 saturated heterocycles. The van der Waals surface area contributed by atoms with Crippen LogP contribution in [-0.4, -0.2) is 51.4 Å². The first-order valence-electron chi connectivity index (χ1n) is 10.2. The lowest BCUT2D eigenvalue weighted by Crippen LogP contribution is -2.36. The summed E-state index contributed by atoms with van der Waals surface area (Å²) in [4.78, 5) is 26.3. The topological polar surface area (TPSA) is 77.1 Å². The fraction of sp³-hybridized carbons (Fsp3) is 0.391. The number of nitrogens with one attached hydrogen (secondary N) is 1. The van der Waals surface area contributed by atoms with Gasteiger partial charge in [-0.1, -0.05) is 18.2 Å². The summed E-state index contributed by atoms with van der Waals surface area (Å²) in [6.45, 7) is 5.33. The van der Waals surface area contributed by atoms with Crippen molar-refractivity contribution in [2.24, 2.45) is 0 Å². The van der Waals surface area contributed by atoms with Crippen LogP contribution >= 0.6 is 0 Å². The van der Waals surface area contributed by atoms with Crippen LogP contribution in [0, 0.1) is 0 Å². The number of nitrogens with zero attached hydrogens (tertiary/aromatic N) is 1. The van der Waals surface area contributed by atoms with Gasteiger partial charge in [0.1, 0.15) is 5.75 Å². The maximum atomic E-state index is 12.1. The third-order valence-electron chi connectivity index (χ3n) is 4.76. The van der Waals surface area contributed by atoms with Crippen LogP contribution in [0.3, 0.4) is 0 Å². The molecule has 7 nitrogen and oxygen atoms in total. The first-order chi connectivity index (χ1) is 14.7. The molecule has 1 heterocycles. The normalized spacial score (nSPS) is 13.6. The summed E-state index contributed by atoms with van der Waals surface area (Å²) in [5, 5.41) is 2.75. The van der Waals surface area contributed by atoms with Crippen molar-refractivity contribution >= 4 is 23.3 Å². The number of hydrogen-bond acceptors (Lipinski definition) is 6. The highest BCUT2D eigenvalue weighted by atomic mass is 16.5. The predicted octanol–water partition coefficient (Wildman–Crippen LogP) is 3.04. The molecule has 1 aliphatic rings. The van der Waals surface area contributed by atoms with Gasteiger partial charge in [-0.3, -0.25) is 9.59 Å². The Labute approximate surface area is 176 Å². The van der Waals surface area contributed by atoms with E-state index in [0.29, 0.717) is 18.7 Å². The smallest absolute Gasteiger partial charge is 0.306 e. The number of benzene rings is 2. The van der Waals surface area contributed by atoms with E-state index in [9.17, 15) is 9.59 Å². The summed E-state index contributed by atoms with van der Waals surface area (Å²) in [5.74, 6) is -0.0117. The minimum absolute atomic E-state index is 0.186. The first kappa shape index (κ1) is 21.6. The van der Waals surface area contributed by atoms with Crippen LogP contribution in [0.5, 0.6) is 5.75 Å². The summed E-state index contributed by atoms with van der Waals surface area (Å²) in [5.41, 5.74) is 2.70. The lowest BCUT2D eigenvalue weighted by atomic mass is 10.1. The summed E-state index contributed by atoms with van der Waals surface area (Å²) >= 11 is 0. The number of anilines is 2. The Morgan fingerprint density at radius 1 is 1.07 bits per heavy atom. The largest absolute Gasteiger partial charge is 0.494 e. The summed E-state index contributed by atoms with van der Waals surface area (Å²) in [6.07, 6.45) is 0.686. The van der Waals surface area contributed by atoms with E-state index in [-0.39, 0.29) is 18.9 Å². The van der Waals surface area contributed by atoms with Gasteiger partial charge >= 0.3 is 5.97 Å². The maximum absolute atomic E-state index is 12.1. The zero-order chi connectivity index (χ0) is 21.2. The van der Waals surface area contributed by atoms with Crippen molar-refractivity contribution in [3.05, 3.63) is 54.1 Å². The molecule has 1 amide bonds. The van der Waals surface area contributed by atoms with E-state index in [4.69, 9.17) is 14.2 Å². The Balaban J connectivity index is 1.40. The summed E-state index contributed by atoms with van der Waals surface area (Å²) in [6, 6.07) is 15.2. The van der Waals surface area contributed by atoms with Crippen LogP contribution in [0.15, 0.2) is 48.5 Å². The molecule has 0 unspecified atom stereocenters. The standard InChI is InChI=1S/C23H28N2O5/c1-2-29-21-6-4-3-5-18(21)7-12-23(27)30-17-22(26)24-19-8-10-20(11-9-19)25-13-15-28-16-14-25/h3-6,8-11H,2,7,12-17H2,1H3,(H,24,26). The number of hydrogen-bond donors (Lipinski definition) is 1. The molecule has 0 bridgehead atoms. The molecule has 0 atom stereocenters. The number of carbonyl (C=O) groups is 2. The number of aryl methyl sites for hydroxylation is 1. The van der Waals surface area contributed by atoms with Gasteiger partial charge in [-0.15, -0.1) is 0 Å². The van der Waals surface area contributed by atoms with Crippen LogP contribution in [0.2, 0.25) is 0 Å². The Bertz CT molecular complexity index is 832. The van der Waals surface area contributed by atoms with E-state index in [1.165, 1.54) is 0 Å². The average Bonchev–Trinajstić information content (AvgIpc) is 2.78. The highest BCUT2D eigenvalue weighted by molar-refractivity contribution is 5.93. The van der Waals surface area contributed by atoms with Crippen LogP contribution in [-0.2, 0) is 25.5 Å². The Kier molecular flexibility index (Phi) is 8.09. The van der Waals surface area contributed by atoms with Crippen molar-refractivity contribution < 1.29 is 23.8 Å². The third-order valence-corrected chi connectivity index (χ3v) is 4.76. The van der Waals surface area contributed by atoms with Gasteiger partial charge < -0.3 is 24.4 Å². The van der Waals surface area contributed by atoms with E-state index in [0.717, 1.165) is 43.3 Å². The van der Waals surface area contributed by atoms with Crippen molar-refractivity contribution in [1.82, 2.24) is 0 Å². The number of para-hydroxylation sites is 1.